The Hall–Kier alpha value is -2.31. The lowest BCUT2D eigenvalue weighted by atomic mass is 10.4. The monoisotopic (exact) mass is 253 g/mol. The van der Waals surface area contributed by atoms with Crippen LogP contribution in [-0.2, 0) is 4.79 Å². The highest BCUT2D eigenvalue weighted by Gasteiger charge is 2.14. The maximum absolute atomic E-state index is 11.7. The number of carbonyl (C=O) groups is 2. The first-order chi connectivity index (χ1) is 8.56. The summed E-state index contributed by atoms with van der Waals surface area (Å²) in [5.74, 6) is -0.620. The fraction of sp³-hybridized carbons (Fsp3) is 0.364. The second-order valence-corrected chi connectivity index (χ2v) is 3.43. The molecule has 98 valence electrons. The number of hydrogen-bond donors (Lipinski definition) is 2. The number of anilines is 1. The molecule has 0 spiro atoms. The topological polar surface area (TPSA) is 91.8 Å². The maximum atomic E-state index is 11.7. The van der Waals surface area contributed by atoms with Crippen LogP contribution in [0, 0.1) is 0 Å². The zero-order valence-corrected chi connectivity index (χ0v) is 10.2. The molecule has 0 unspecified atom stereocenters. The highest BCUT2D eigenvalue weighted by atomic mass is 16.5. The molecule has 0 saturated heterocycles. The summed E-state index contributed by atoms with van der Waals surface area (Å²) in [6, 6.07) is 2.74. The first-order valence-corrected chi connectivity index (χ1v) is 5.34. The van der Waals surface area contributed by atoms with E-state index in [-0.39, 0.29) is 6.54 Å². The fourth-order valence-corrected chi connectivity index (χ4v) is 1.27. The normalized spacial score (nSPS) is 9.67. The van der Waals surface area contributed by atoms with Crippen LogP contribution in [0.5, 0.6) is 5.88 Å². The number of aromatic nitrogens is 1. The van der Waals surface area contributed by atoms with Crippen LogP contribution in [0.2, 0.25) is 0 Å². The van der Waals surface area contributed by atoms with Gasteiger partial charge in [-0.1, -0.05) is 0 Å². The van der Waals surface area contributed by atoms with Gasteiger partial charge in [-0.2, -0.15) is 0 Å². The lowest BCUT2D eigenvalue weighted by Crippen LogP contribution is -2.38. The predicted molar refractivity (Wildman–Crippen MR) is 64.7 cm³/mol. The highest BCUT2D eigenvalue weighted by Crippen LogP contribution is 2.11. The zero-order valence-electron chi connectivity index (χ0n) is 10.2. The van der Waals surface area contributed by atoms with Crippen molar-refractivity contribution in [1.82, 2.24) is 9.88 Å². The zero-order chi connectivity index (χ0) is 13.5. The van der Waals surface area contributed by atoms with Gasteiger partial charge in [0.1, 0.15) is 6.54 Å². The Morgan fingerprint density at radius 1 is 1.50 bits per heavy atom. The molecule has 1 aromatic heterocycles. The molecule has 2 N–H and O–H groups in total. The van der Waals surface area contributed by atoms with Crippen LogP contribution in [0.1, 0.15) is 6.92 Å². The molecule has 0 atom stereocenters. The number of amides is 2. The van der Waals surface area contributed by atoms with Crippen molar-refractivity contribution in [2.45, 2.75) is 6.92 Å². The van der Waals surface area contributed by atoms with Gasteiger partial charge in [-0.25, -0.2) is 9.78 Å². The van der Waals surface area contributed by atoms with E-state index in [1.807, 2.05) is 0 Å². The van der Waals surface area contributed by atoms with E-state index < -0.39 is 12.0 Å². The van der Waals surface area contributed by atoms with E-state index >= 15 is 0 Å². The lowest BCUT2D eigenvalue weighted by Gasteiger charge is -2.18. The van der Waals surface area contributed by atoms with Gasteiger partial charge in [0.25, 0.3) is 0 Å². The Morgan fingerprint density at radius 3 is 2.67 bits per heavy atom. The molecule has 0 fully saturated rings. The van der Waals surface area contributed by atoms with Crippen molar-refractivity contribution in [3.05, 3.63) is 18.3 Å². The summed E-state index contributed by atoms with van der Waals surface area (Å²) in [5.41, 5.74) is 0.477. The molecule has 0 bridgehead atoms. The predicted octanol–water partition coefficient (Wildman–Crippen LogP) is 1.03. The van der Waals surface area contributed by atoms with Crippen LogP contribution in [0.25, 0.3) is 0 Å². The number of urea groups is 1. The van der Waals surface area contributed by atoms with Gasteiger partial charge < -0.3 is 20.1 Å². The Balaban J connectivity index is 2.64. The van der Waals surface area contributed by atoms with Crippen molar-refractivity contribution < 1.29 is 19.4 Å². The molecule has 0 aliphatic carbocycles. The third-order valence-corrected chi connectivity index (χ3v) is 2.19. The first kappa shape index (κ1) is 13.8. The Kier molecular flexibility index (Phi) is 4.91. The third kappa shape index (κ3) is 3.93. The van der Waals surface area contributed by atoms with Crippen LogP contribution in [0.3, 0.4) is 0 Å². The molecule has 0 aliphatic rings. The summed E-state index contributed by atoms with van der Waals surface area (Å²) in [5, 5.41) is 11.2. The van der Waals surface area contributed by atoms with E-state index in [2.05, 4.69) is 10.3 Å². The van der Waals surface area contributed by atoms with Gasteiger partial charge in [0.2, 0.25) is 5.88 Å². The molecular formula is C11H15N3O4. The van der Waals surface area contributed by atoms with Gasteiger partial charge in [0, 0.05) is 12.6 Å². The van der Waals surface area contributed by atoms with Crippen molar-refractivity contribution in [2.24, 2.45) is 0 Å². The van der Waals surface area contributed by atoms with Crippen LogP contribution in [-0.4, -0.2) is 47.2 Å². The molecule has 7 nitrogen and oxygen atoms in total. The number of rotatable bonds is 5. The van der Waals surface area contributed by atoms with Crippen molar-refractivity contribution in [1.29, 1.82) is 0 Å². The lowest BCUT2D eigenvalue weighted by molar-refractivity contribution is -0.137. The minimum absolute atomic E-state index is 0.307. The van der Waals surface area contributed by atoms with Crippen molar-refractivity contribution in [3.8, 4) is 5.88 Å². The molecule has 0 aromatic carbocycles. The number of pyridine rings is 1. The number of carboxylic acid groups (broad SMARTS) is 1. The molecule has 1 aromatic rings. The second-order valence-electron chi connectivity index (χ2n) is 3.43. The summed E-state index contributed by atoms with van der Waals surface area (Å²) in [7, 11) is 1.49. The second kappa shape index (κ2) is 6.43. The standard InChI is InChI=1S/C11H15N3O4/c1-3-14(7-10(15)16)11(17)13-8-4-5-9(18-2)12-6-8/h4-6H,3,7H2,1-2H3,(H,13,17)(H,15,16). The van der Waals surface area contributed by atoms with E-state index in [0.717, 1.165) is 0 Å². The van der Waals surface area contributed by atoms with Gasteiger partial charge in [-0.3, -0.25) is 4.79 Å². The minimum atomic E-state index is -1.06. The van der Waals surface area contributed by atoms with Crippen molar-refractivity contribution in [3.63, 3.8) is 0 Å². The highest BCUT2D eigenvalue weighted by molar-refractivity contribution is 5.91. The SMILES string of the molecule is CCN(CC(=O)O)C(=O)Nc1ccc(OC)nc1. The summed E-state index contributed by atoms with van der Waals surface area (Å²) in [6.45, 7) is 1.67. The fourth-order valence-electron chi connectivity index (χ4n) is 1.27. The molecule has 7 heteroatoms. The number of ether oxygens (including phenoxy) is 1. The summed E-state index contributed by atoms with van der Waals surface area (Å²) in [4.78, 5) is 27.4. The number of likely N-dealkylation sites (N-methyl/N-ethyl adjacent to an activating group) is 1. The molecule has 0 radical (unpaired) electrons. The largest absolute Gasteiger partial charge is 0.481 e. The Bertz CT molecular complexity index is 419. The van der Waals surface area contributed by atoms with Crippen LogP contribution >= 0.6 is 0 Å². The number of nitrogens with zero attached hydrogens (tertiary/aromatic N) is 2. The Labute approximate surface area is 104 Å². The summed E-state index contributed by atoms with van der Waals surface area (Å²) < 4.78 is 4.88. The maximum Gasteiger partial charge on any atom is 0.323 e. The minimum Gasteiger partial charge on any atom is -0.481 e. The number of methoxy groups -OCH3 is 1. The van der Waals surface area contributed by atoms with E-state index in [1.54, 1.807) is 19.1 Å². The van der Waals surface area contributed by atoms with Gasteiger partial charge in [-0.15, -0.1) is 0 Å². The van der Waals surface area contributed by atoms with E-state index in [4.69, 9.17) is 9.84 Å². The van der Waals surface area contributed by atoms with Gasteiger partial charge in [0.05, 0.1) is 19.0 Å². The quantitative estimate of drug-likeness (QED) is 0.817. The van der Waals surface area contributed by atoms with Crippen molar-refractivity contribution >= 4 is 17.7 Å². The summed E-state index contributed by atoms with van der Waals surface area (Å²) >= 11 is 0. The van der Waals surface area contributed by atoms with Crippen LogP contribution in [0.15, 0.2) is 18.3 Å². The first-order valence-electron chi connectivity index (χ1n) is 5.34. The average molecular weight is 253 g/mol. The molecular weight excluding hydrogens is 238 g/mol. The molecule has 0 aliphatic heterocycles. The number of hydrogen-bond acceptors (Lipinski definition) is 4. The number of aliphatic carboxylic acids is 1. The number of carboxylic acids is 1. The van der Waals surface area contributed by atoms with Gasteiger partial charge in [0.15, 0.2) is 0 Å². The van der Waals surface area contributed by atoms with Crippen LogP contribution < -0.4 is 10.1 Å². The molecule has 18 heavy (non-hydrogen) atoms. The number of carbonyl (C=O) groups excluding carboxylic acids is 1. The van der Waals surface area contributed by atoms with Gasteiger partial charge in [-0.05, 0) is 13.0 Å². The molecule has 0 saturated carbocycles. The van der Waals surface area contributed by atoms with Gasteiger partial charge >= 0.3 is 12.0 Å². The van der Waals surface area contributed by atoms with E-state index in [9.17, 15) is 9.59 Å². The van der Waals surface area contributed by atoms with Crippen LogP contribution in [0.4, 0.5) is 10.5 Å². The van der Waals surface area contributed by atoms with E-state index in [0.29, 0.717) is 18.1 Å². The molecule has 1 heterocycles. The molecule has 1 rings (SSSR count). The van der Waals surface area contributed by atoms with E-state index in [1.165, 1.54) is 18.2 Å². The molecule has 2 amide bonds. The summed E-state index contributed by atoms with van der Waals surface area (Å²) in [6.07, 6.45) is 1.44. The number of nitrogens with one attached hydrogen (secondary N) is 1. The smallest absolute Gasteiger partial charge is 0.323 e. The van der Waals surface area contributed by atoms with Crippen molar-refractivity contribution in [2.75, 3.05) is 25.5 Å². The average Bonchev–Trinajstić information content (AvgIpc) is 2.36. The third-order valence-electron chi connectivity index (χ3n) is 2.19. The Morgan fingerprint density at radius 2 is 2.22 bits per heavy atom.